The van der Waals surface area contributed by atoms with E-state index < -0.39 is 17.6 Å². The fraction of sp³-hybridized carbons (Fsp3) is 0.158. The smallest absolute Gasteiger partial charge is 0.416 e. The zero-order valence-electron chi connectivity index (χ0n) is 14.7. The molecule has 0 radical (unpaired) electrons. The minimum atomic E-state index is -4.51. The highest BCUT2D eigenvalue weighted by Crippen LogP contribution is 2.40. The molecular weight excluding hydrogens is 411 g/mol. The minimum absolute atomic E-state index is 0.0679. The molecule has 28 heavy (non-hydrogen) atoms. The third-order valence-electron chi connectivity index (χ3n) is 3.95. The van der Waals surface area contributed by atoms with Crippen molar-refractivity contribution in [2.24, 2.45) is 0 Å². The summed E-state index contributed by atoms with van der Waals surface area (Å²) in [6.45, 7) is 0. The van der Waals surface area contributed by atoms with Gasteiger partial charge in [-0.2, -0.15) is 13.2 Å². The predicted octanol–water partition coefficient (Wildman–Crippen LogP) is 5.13. The zero-order chi connectivity index (χ0) is 20.5. The number of nitrogens with zero attached hydrogens (tertiary/aromatic N) is 1. The molecule has 1 aliphatic heterocycles. The number of benzene rings is 2. The molecule has 4 nitrogen and oxygen atoms in total. The first kappa shape index (κ1) is 20.2. The lowest BCUT2D eigenvalue weighted by atomic mass is 10.1. The number of halogens is 3. The molecule has 0 unspecified atom stereocenters. The van der Waals surface area contributed by atoms with Crippen molar-refractivity contribution in [3.8, 4) is 11.5 Å². The molecule has 1 aliphatic rings. The van der Waals surface area contributed by atoms with E-state index in [2.05, 4.69) is 0 Å². The first-order valence-corrected chi connectivity index (χ1v) is 9.15. The molecule has 0 bridgehead atoms. The predicted molar refractivity (Wildman–Crippen MR) is 107 cm³/mol. The number of anilines is 1. The number of ether oxygens (including phenoxy) is 2. The molecule has 146 valence electrons. The summed E-state index contributed by atoms with van der Waals surface area (Å²) in [6.07, 6.45) is -2.94. The van der Waals surface area contributed by atoms with Crippen LogP contribution in [0.2, 0.25) is 0 Å². The lowest BCUT2D eigenvalue weighted by molar-refractivity contribution is -0.137. The molecule has 1 saturated heterocycles. The molecule has 9 heteroatoms. The normalized spacial score (nSPS) is 16.0. The molecule has 2 aromatic rings. The Morgan fingerprint density at radius 3 is 2.46 bits per heavy atom. The fourth-order valence-corrected chi connectivity index (χ4v) is 3.97. The molecular formula is C19H14F3NO3S2. The molecule has 0 aliphatic carbocycles. The van der Waals surface area contributed by atoms with Crippen LogP contribution >= 0.6 is 24.0 Å². The van der Waals surface area contributed by atoms with Gasteiger partial charge in [0.2, 0.25) is 0 Å². The highest BCUT2D eigenvalue weighted by atomic mass is 32.2. The number of hydrogen-bond acceptors (Lipinski definition) is 5. The van der Waals surface area contributed by atoms with E-state index in [0.29, 0.717) is 17.1 Å². The van der Waals surface area contributed by atoms with Gasteiger partial charge in [-0.1, -0.05) is 42.2 Å². The van der Waals surface area contributed by atoms with E-state index >= 15 is 0 Å². The van der Waals surface area contributed by atoms with Gasteiger partial charge in [-0.15, -0.1) is 0 Å². The second-order valence-electron chi connectivity index (χ2n) is 5.65. The maximum atomic E-state index is 13.0. The number of para-hydroxylation sites is 1. The maximum Gasteiger partial charge on any atom is 0.416 e. The maximum absolute atomic E-state index is 13.0. The van der Waals surface area contributed by atoms with E-state index in [0.717, 1.165) is 28.8 Å². The monoisotopic (exact) mass is 425 g/mol. The highest BCUT2D eigenvalue weighted by Gasteiger charge is 2.36. The van der Waals surface area contributed by atoms with Gasteiger partial charge in [-0.05, 0) is 30.3 Å². The largest absolute Gasteiger partial charge is 0.493 e. The van der Waals surface area contributed by atoms with Gasteiger partial charge in [-0.25, -0.2) is 0 Å². The molecule has 1 fully saturated rings. The van der Waals surface area contributed by atoms with E-state index in [1.165, 1.54) is 26.4 Å². The van der Waals surface area contributed by atoms with E-state index in [1.54, 1.807) is 24.3 Å². The SMILES string of the molecule is COc1cccc(C=C2SC(=S)N(c3cccc(C(F)(F)F)c3)C2=O)c1OC. The molecule has 3 rings (SSSR count). The summed E-state index contributed by atoms with van der Waals surface area (Å²) >= 11 is 6.24. The Bertz CT molecular complexity index is 973. The molecule has 0 atom stereocenters. The van der Waals surface area contributed by atoms with Crippen molar-refractivity contribution < 1.29 is 27.4 Å². The van der Waals surface area contributed by atoms with E-state index in [4.69, 9.17) is 21.7 Å². The van der Waals surface area contributed by atoms with Crippen molar-refractivity contribution in [2.75, 3.05) is 19.1 Å². The van der Waals surface area contributed by atoms with Crippen LogP contribution in [0.1, 0.15) is 11.1 Å². The molecule has 0 aromatic heterocycles. The van der Waals surface area contributed by atoms with Gasteiger partial charge in [-0.3, -0.25) is 9.69 Å². The van der Waals surface area contributed by atoms with Crippen LogP contribution in [0.4, 0.5) is 18.9 Å². The summed E-state index contributed by atoms with van der Waals surface area (Å²) in [6, 6.07) is 9.68. The van der Waals surface area contributed by atoms with Crippen molar-refractivity contribution in [3.05, 3.63) is 58.5 Å². The molecule has 0 N–H and O–H groups in total. The van der Waals surface area contributed by atoms with Gasteiger partial charge in [0.05, 0.1) is 30.4 Å². The number of rotatable bonds is 4. The molecule has 0 spiro atoms. The second kappa shape index (κ2) is 7.84. The topological polar surface area (TPSA) is 38.8 Å². The van der Waals surface area contributed by atoms with Crippen LogP contribution in [0.15, 0.2) is 47.4 Å². The third-order valence-corrected chi connectivity index (χ3v) is 5.25. The zero-order valence-corrected chi connectivity index (χ0v) is 16.4. The second-order valence-corrected chi connectivity index (χ2v) is 7.32. The molecule has 0 saturated carbocycles. The summed E-state index contributed by atoms with van der Waals surface area (Å²) in [5.41, 5.74) is -0.192. The Kier molecular flexibility index (Phi) is 5.66. The van der Waals surface area contributed by atoms with Gasteiger partial charge < -0.3 is 9.47 Å². The number of thiocarbonyl (C=S) groups is 1. The average molecular weight is 425 g/mol. The minimum Gasteiger partial charge on any atom is -0.493 e. The van der Waals surface area contributed by atoms with Gasteiger partial charge in [0, 0.05) is 5.56 Å². The van der Waals surface area contributed by atoms with Crippen LogP contribution in [0.25, 0.3) is 6.08 Å². The Hall–Kier alpha value is -2.52. The average Bonchev–Trinajstić information content (AvgIpc) is 2.94. The number of thioether (sulfide) groups is 1. The van der Waals surface area contributed by atoms with Crippen LogP contribution in [0, 0.1) is 0 Å². The lowest BCUT2D eigenvalue weighted by Crippen LogP contribution is -2.27. The summed E-state index contributed by atoms with van der Waals surface area (Å²) in [5.74, 6) is 0.429. The number of alkyl halides is 3. The standard InChI is InChI=1S/C19H14F3NO3S2/c1-25-14-8-3-5-11(16(14)26-2)9-15-17(24)23(18(27)28-15)13-7-4-6-12(10-13)19(20,21)22/h3-10H,1-2H3. The van der Waals surface area contributed by atoms with Gasteiger partial charge >= 0.3 is 6.18 Å². The van der Waals surface area contributed by atoms with Crippen LogP contribution in [-0.4, -0.2) is 24.4 Å². The summed E-state index contributed by atoms with van der Waals surface area (Å²) in [7, 11) is 2.97. The first-order chi connectivity index (χ1) is 13.3. The van der Waals surface area contributed by atoms with Crippen molar-refractivity contribution in [1.82, 2.24) is 0 Å². The van der Waals surface area contributed by atoms with E-state index in [9.17, 15) is 18.0 Å². The van der Waals surface area contributed by atoms with Crippen molar-refractivity contribution in [3.63, 3.8) is 0 Å². The quantitative estimate of drug-likeness (QED) is 0.502. The van der Waals surface area contributed by atoms with E-state index in [-0.39, 0.29) is 14.9 Å². The van der Waals surface area contributed by atoms with Crippen molar-refractivity contribution >= 4 is 46.0 Å². The third kappa shape index (κ3) is 3.85. The number of carbonyl (C=O) groups excluding carboxylic acids is 1. The highest BCUT2D eigenvalue weighted by molar-refractivity contribution is 8.27. The molecule has 1 heterocycles. The summed E-state index contributed by atoms with van der Waals surface area (Å²) < 4.78 is 49.7. The van der Waals surface area contributed by atoms with Gasteiger partial charge in [0.15, 0.2) is 15.8 Å². The van der Waals surface area contributed by atoms with Crippen molar-refractivity contribution in [2.45, 2.75) is 6.18 Å². The van der Waals surface area contributed by atoms with Crippen molar-refractivity contribution in [1.29, 1.82) is 0 Å². The van der Waals surface area contributed by atoms with E-state index in [1.807, 2.05) is 0 Å². The van der Waals surface area contributed by atoms with Crippen LogP contribution < -0.4 is 14.4 Å². The summed E-state index contributed by atoms with van der Waals surface area (Å²) in [4.78, 5) is 14.2. The number of carbonyl (C=O) groups is 1. The lowest BCUT2D eigenvalue weighted by Gasteiger charge is -2.16. The van der Waals surface area contributed by atoms with Crippen LogP contribution in [0.5, 0.6) is 11.5 Å². The Morgan fingerprint density at radius 2 is 1.82 bits per heavy atom. The fourth-order valence-electron chi connectivity index (χ4n) is 2.68. The first-order valence-electron chi connectivity index (χ1n) is 7.92. The Morgan fingerprint density at radius 1 is 1.11 bits per heavy atom. The molecule has 2 aromatic carbocycles. The Labute approximate surface area is 168 Å². The van der Waals surface area contributed by atoms with Gasteiger partial charge in [0.25, 0.3) is 5.91 Å². The van der Waals surface area contributed by atoms with Crippen LogP contribution in [0.3, 0.4) is 0 Å². The number of methoxy groups -OCH3 is 2. The summed E-state index contributed by atoms with van der Waals surface area (Å²) in [5, 5.41) is 0. The number of amides is 1. The molecule has 1 amide bonds. The van der Waals surface area contributed by atoms with Gasteiger partial charge in [0.1, 0.15) is 0 Å². The Balaban J connectivity index is 1.98. The van der Waals surface area contributed by atoms with Crippen LogP contribution in [-0.2, 0) is 11.0 Å². The number of hydrogen-bond donors (Lipinski definition) is 0.